The molecule has 1 heterocycles. The molecule has 1 aliphatic rings. The summed E-state index contributed by atoms with van der Waals surface area (Å²) in [6.07, 6.45) is 2.54. The highest BCUT2D eigenvalue weighted by molar-refractivity contribution is 5.95. The van der Waals surface area contributed by atoms with Crippen LogP contribution in [0.3, 0.4) is 0 Å². The lowest BCUT2D eigenvalue weighted by molar-refractivity contribution is -0.385. The van der Waals surface area contributed by atoms with Gasteiger partial charge < -0.3 is 16.2 Å². The lowest BCUT2D eigenvalue weighted by Crippen LogP contribution is -2.38. The van der Waals surface area contributed by atoms with Crippen LogP contribution in [0.4, 0.5) is 5.69 Å². The van der Waals surface area contributed by atoms with Crippen molar-refractivity contribution in [2.24, 2.45) is 17.4 Å². The van der Waals surface area contributed by atoms with Crippen LogP contribution in [0.2, 0.25) is 0 Å². The Kier molecular flexibility index (Phi) is 3.61. The molecule has 19 heavy (non-hydrogen) atoms. The van der Waals surface area contributed by atoms with Gasteiger partial charge in [-0.2, -0.15) is 0 Å². The summed E-state index contributed by atoms with van der Waals surface area (Å²) in [7, 11) is 0. The van der Waals surface area contributed by atoms with Crippen LogP contribution >= 0.6 is 0 Å². The molecule has 102 valence electrons. The number of nitrogens with zero attached hydrogens (tertiary/aromatic N) is 2. The van der Waals surface area contributed by atoms with Crippen LogP contribution in [0, 0.1) is 16.0 Å². The number of hydrogen-bond acceptors (Lipinski definition) is 6. The topological polar surface area (TPSA) is 134 Å². The Balaban J connectivity index is 2.16. The van der Waals surface area contributed by atoms with Gasteiger partial charge in [0.05, 0.1) is 4.92 Å². The van der Waals surface area contributed by atoms with Gasteiger partial charge in [-0.3, -0.25) is 14.9 Å². The van der Waals surface area contributed by atoms with Crippen LogP contribution in [0.25, 0.3) is 0 Å². The fourth-order valence-corrected chi connectivity index (χ4v) is 1.93. The molecule has 0 unspecified atom stereocenters. The molecule has 0 saturated heterocycles. The number of amides is 1. The van der Waals surface area contributed by atoms with E-state index in [1.165, 1.54) is 0 Å². The van der Waals surface area contributed by atoms with Crippen molar-refractivity contribution in [1.29, 1.82) is 0 Å². The molecule has 0 bridgehead atoms. The van der Waals surface area contributed by atoms with E-state index >= 15 is 0 Å². The number of carbonyl (C=O) groups is 1. The van der Waals surface area contributed by atoms with E-state index in [4.69, 9.17) is 16.2 Å². The predicted octanol–water partition coefficient (Wildman–Crippen LogP) is 0.205. The highest BCUT2D eigenvalue weighted by Crippen LogP contribution is 2.31. The Hall–Kier alpha value is -2.22. The molecule has 1 aromatic rings. The second kappa shape index (κ2) is 5.19. The first kappa shape index (κ1) is 13.2. The van der Waals surface area contributed by atoms with Gasteiger partial charge in [0, 0.05) is 6.07 Å². The Morgan fingerprint density at radius 1 is 1.58 bits per heavy atom. The van der Waals surface area contributed by atoms with Crippen LogP contribution in [-0.4, -0.2) is 28.5 Å². The molecule has 0 radical (unpaired) electrons. The van der Waals surface area contributed by atoms with Crippen molar-refractivity contribution >= 4 is 11.6 Å². The molecular weight excluding hydrogens is 252 g/mol. The van der Waals surface area contributed by atoms with Gasteiger partial charge in [0.1, 0.15) is 17.9 Å². The third-order valence-electron chi connectivity index (χ3n) is 3.12. The first-order chi connectivity index (χ1) is 9.01. The molecule has 1 saturated carbocycles. The van der Waals surface area contributed by atoms with E-state index in [0.717, 1.165) is 25.1 Å². The van der Waals surface area contributed by atoms with Crippen molar-refractivity contribution in [2.75, 3.05) is 6.54 Å². The van der Waals surface area contributed by atoms with E-state index in [9.17, 15) is 14.9 Å². The largest absolute Gasteiger partial charge is 0.474 e. The molecule has 1 amide bonds. The van der Waals surface area contributed by atoms with E-state index in [0.29, 0.717) is 12.5 Å². The third kappa shape index (κ3) is 2.79. The Bertz CT molecular complexity index is 513. The van der Waals surface area contributed by atoms with Gasteiger partial charge >= 0.3 is 0 Å². The van der Waals surface area contributed by atoms with E-state index in [1.807, 2.05) is 0 Å². The van der Waals surface area contributed by atoms with Crippen molar-refractivity contribution in [3.63, 3.8) is 0 Å². The van der Waals surface area contributed by atoms with E-state index in [-0.39, 0.29) is 23.2 Å². The SMILES string of the molecule is NCC1CC(Oc2ncc([N+](=O)[O-])cc2C(N)=O)C1. The molecular formula is C11H14N4O4. The second-order valence-electron chi connectivity index (χ2n) is 4.48. The van der Waals surface area contributed by atoms with Gasteiger partial charge in [0.25, 0.3) is 11.6 Å². The smallest absolute Gasteiger partial charge is 0.288 e. The molecule has 0 atom stereocenters. The van der Waals surface area contributed by atoms with Gasteiger partial charge in [-0.25, -0.2) is 4.98 Å². The van der Waals surface area contributed by atoms with Gasteiger partial charge in [-0.1, -0.05) is 0 Å². The number of primary amides is 1. The minimum absolute atomic E-state index is 0.0403. The molecule has 8 heteroatoms. The first-order valence-electron chi connectivity index (χ1n) is 5.82. The highest BCUT2D eigenvalue weighted by atomic mass is 16.6. The molecule has 0 spiro atoms. The van der Waals surface area contributed by atoms with Crippen LogP contribution in [0.5, 0.6) is 5.88 Å². The van der Waals surface area contributed by atoms with Crippen LogP contribution in [0.1, 0.15) is 23.2 Å². The van der Waals surface area contributed by atoms with Crippen molar-refractivity contribution in [3.8, 4) is 5.88 Å². The molecule has 0 aliphatic heterocycles. The maximum Gasteiger partial charge on any atom is 0.288 e. The van der Waals surface area contributed by atoms with Gasteiger partial charge in [0.15, 0.2) is 0 Å². The number of aromatic nitrogens is 1. The van der Waals surface area contributed by atoms with Gasteiger partial charge in [0.2, 0.25) is 5.88 Å². The van der Waals surface area contributed by atoms with Gasteiger partial charge in [-0.15, -0.1) is 0 Å². The predicted molar refractivity (Wildman–Crippen MR) is 65.6 cm³/mol. The van der Waals surface area contributed by atoms with Crippen molar-refractivity contribution in [1.82, 2.24) is 4.98 Å². The van der Waals surface area contributed by atoms with Crippen molar-refractivity contribution in [2.45, 2.75) is 18.9 Å². The van der Waals surface area contributed by atoms with Crippen LogP contribution in [-0.2, 0) is 0 Å². The first-order valence-corrected chi connectivity index (χ1v) is 5.82. The van der Waals surface area contributed by atoms with Crippen LogP contribution in [0.15, 0.2) is 12.3 Å². The number of rotatable bonds is 5. The summed E-state index contributed by atoms with van der Waals surface area (Å²) in [6, 6.07) is 1.07. The molecule has 0 aromatic carbocycles. The second-order valence-corrected chi connectivity index (χ2v) is 4.48. The fraction of sp³-hybridized carbons (Fsp3) is 0.455. The summed E-state index contributed by atoms with van der Waals surface area (Å²) in [5, 5.41) is 10.6. The van der Waals surface area contributed by atoms with Crippen molar-refractivity contribution in [3.05, 3.63) is 27.9 Å². The van der Waals surface area contributed by atoms with E-state index in [2.05, 4.69) is 4.98 Å². The number of pyridine rings is 1. The zero-order chi connectivity index (χ0) is 14.0. The zero-order valence-corrected chi connectivity index (χ0v) is 10.1. The third-order valence-corrected chi connectivity index (χ3v) is 3.12. The monoisotopic (exact) mass is 266 g/mol. The summed E-state index contributed by atoms with van der Waals surface area (Å²) in [6.45, 7) is 0.593. The molecule has 1 aliphatic carbocycles. The quantitative estimate of drug-likeness (QED) is 0.577. The lowest BCUT2D eigenvalue weighted by atomic mass is 9.82. The lowest BCUT2D eigenvalue weighted by Gasteiger charge is -2.34. The summed E-state index contributed by atoms with van der Waals surface area (Å²) >= 11 is 0. The zero-order valence-electron chi connectivity index (χ0n) is 10.1. The molecule has 4 N–H and O–H groups in total. The highest BCUT2D eigenvalue weighted by Gasteiger charge is 2.31. The van der Waals surface area contributed by atoms with Crippen molar-refractivity contribution < 1.29 is 14.5 Å². The minimum Gasteiger partial charge on any atom is -0.474 e. The summed E-state index contributed by atoms with van der Waals surface area (Å²) in [4.78, 5) is 25.0. The number of carbonyl (C=O) groups excluding carboxylic acids is 1. The summed E-state index contributed by atoms with van der Waals surface area (Å²) in [5.41, 5.74) is 10.3. The molecule has 8 nitrogen and oxygen atoms in total. The fourth-order valence-electron chi connectivity index (χ4n) is 1.93. The minimum atomic E-state index is -0.805. The maximum absolute atomic E-state index is 11.3. The molecule has 1 aromatic heterocycles. The van der Waals surface area contributed by atoms with Gasteiger partial charge in [-0.05, 0) is 25.3 Å². The maximum atomic E-state index is 11.3. The van der Waals surface area contributed by atoms with E-state index in [1.54, 1.807) is 0 Å². The summed E-state index contributed by atoms with van der Waals surface area (Å²) < 4.78 is 5.52. The Labute approximate surface area is 108 Å². The molecule has 2 rings (SSSR count). The standard InChI is InChI=1S/C11H14N4O4/c12-4-6-1-8(2-6)19-11-9(10(13)16)3-7(5-14-11)15(17)18/h3,5-6,8H,1-2,4,12H2,(H2,13,16). The molecule has 1 fully saturated rings. The average Bonchev–Trinajstić information content (AvgIpc) is 2.32. The van der Waals surface area contributed by atoms with E-state index < -0.39 is 10.8 Å². The number of ether oxygens (including phenoxy) is 1. The number of nitrogens with two attached hydrogens (primary N) is 2. The number of nitro groups is 1. The summed E-state index contributed by atoms with van der Waals surface area (Å²) in [5.74, 6) is -0.348. The number of hydrogen-bond donors (Lipinski definition) is 2. The van der Waals surface area contributed by atoms with Crippen LogP contribution < -0.4 is 16.2 Å². The average molecular weight is 266 g/mol. The Morgan fingerprint density at radius 3 is 2.79 bits per heavy atom. The normalized spacial score (nSPS) is 21.5. The Morgan fingerprint density at radius 2 is 2.26 bits per heavy atom.